The van der Waals surface area contributed by atoms with Gasteiger partial charge < -0.3 is 20.9 Å². The van der Waals surface area contributed by atoms with E-state index in [-0.39, 0.29) is 12.2 Å². The Labute approximate surface area is 80.6 Å². The normalized spacial score (nSPS) is 12.4. The third-order valence-corrected chi connectivity index (χ3v) is 1.82. The molecule has 5 heteroatoms. The predicted molar refractivity (Wildman–Crippen MR) is 49.7 cm³/mol. The lowest BCUT2D eigenvalue weighted by Crippen LogP contribution is -2.34. The number of phenolic OH excluding ortho intramolecular Hbond substituents is 1. The third kappa shape index (κ3) is 2.72. The number of aromatic hydroxyl groups is 1. The molecule has 14 heavy (non-hydrogen) atoms. The van der Waals surface area contributed by atoms with Gasteiger partial charge in [-0.05, 0) is 24.1 Å². The van der Waals surface area contributed by atoms with Crippen molar-refractivity contribution in [1.29, 1.82) is 0 Å². The minimum Gasteiger partial charge on any atom is -0.787 e. The fourth-order valence-electron chi connectivity index (χ4n) is 1.05. The van der Waals surface area contributed by atoms with Gasteiger partial charge in [-0.25, -0.2) is 0 Å². The minimum absolute atomic E-state index is 0.0963. The van der Waals surface area contributed by atoms with E-state index < -0.39 is 12.0 Å². The summed E-state index contributed by atoms with van der Waals surface area (Å²) in [5.74, 6) is -1.08. The Balaban J connectivity index is 2.67. The van der Waals surface area contributed by atoms with E-state index in [0.717, 1.165) is 0 Å². The van der Waals surface area contributed by atoms with Crippen LogP contribution in [0.2, 0.25) is 0 Å². The van der Waals surface area contributed by atoms with Gasteiger partial charge >= 0.3 is 5.97 Å². The number of aliphatic carboxylic acids is 1. The van der Waals surface area contributed by atoms with Crippen LogP contribution in [0, 0.1) is 5.21 Å². The van der Waals surface area contributed by atoms with Crippen LogP contribution in [0.4, 0.5) is 0 Å². The maximum absolute atomic E-state index is 10.5. The topological polar surface area (TPSA) is 92.6 Å². The van der Waals surface area contributed by atoms with Crippen LogP contribution in [0.5, 0.6) is 5.75 Å². The van der Waals surface area contributed by atoms with Crippen LogP contribution in [0.3, 0.4) is 0 Å². The molecule has 76 valence electrons. The number of carbonyl (C=O) groups is 1. The summed E-state index contributed by atoms with van der Waals surface area (Å²) >= 11 is 0. The van der Waals surface area contributed by atoms with Crippen molar-refractivity contribution >= 4 is 5.97 Å². The molecule has 0 aliphatic rings. The highest BCUT2D eigenvalue weighted by Crippen LogP contribution is 2.11. The van der Waals surface area contributed by atoms with Crippen molar-refractivity contribution in [3.8, 4) is 5.75 Å². The molecule has 0 heterocycles. The summed E-state index contributed by atoms with van der Waals surface area (Å²) in [6, 6.07) is 4.89. The van der Waals surface area contributed by atoms with Crippen molar-refractivity contribution in [1.82, 2.24) is 5.48 Å². The van der Waals surface area contributed by atoms with Gasteiger partial charge in [0.2, 0.25) is 0 Å². The third-order valence-electron chi connectivity index (χ3n) is 1.82. The highest BCUT2D eigenvalue weighted by molar-refractivity contribution is 5.74. The molecular weight excluding hydrogens is 186 g/mol. The second-order valence-corrected chi connectivity index (χ2v) is 2.88. The summed E-state index contributed by atoms with van der Waals surface area (Å²) < 4.78 is 0. The first-order valence-electron chi connectivity index (χ1n) is 4.02. The van der Waals surface area contributed by atoms with Gasteiger partial charge in [-0.1, -0.05) is 12.1 Å². The molecule has 0 bridgehead atoms. The van der Waals surface area contributed by atoms with Crippen molar-refractivity contribution in [3.05, 3.63) is 35.0 Å². The van der Waals surface area contributed by atoms with Gasteiger partial charge in [0.05, 0.1) is 6.04 Å². The van der Waals surface area contributed by atoms with Gasteiger partial charge in [0, 0.05) is 0 Å². The lowest BCUT2D eigenvalue weighted by Gasteiger charge is -2.17. The monoisotopic (exact) mass is 196 g/mol. The van der Waals surface area contributed by atoms with Gasteiger partial charge in [0.15, 0.2) is 0 Å². The molecule has 0 saturated carbocycles. The second kappa shape index (κ2) is 4.59. The zero-order valence-electron chi connectivity index (χ0n) is 7.30. The Kier molecular flexibility index (Phi) is 3.44. The summed E-state index contributed by atoms with van der Waals surface area (Å²) in [5, 5.41) is 27.8. The molecule has 0 aliphatic carbocycles. The van der Waals surface area contributed by atoms with Crippen molar-refractivity contribution in [2.75, 3.05) is 0 Å². The van der Waals surface area contributed by atoms with Crippen LogP contribution >= 0.6 is 0 Å². The fourth-order valence-corrected chi connectivity index (χ4v) is 1.05. The van der Waals surface area contributed by atoms with E-state index in [2.05, 4.69) is 0 Å². The summed E-state index contributed by atoms with van der Waals surface area (Å²) in [6.45, 7) is 0. The number of hydrogen-bond acceptors (Lipinski definition) is 4. The number of hydroxylamine groups is 1. The number of rotatable bonds is 4. The molecule has 1 aromatic carbocycles. The number of phenols is 1. The van der Waals surface area contributed by atoms with Crippen LogP contribution in [-0.2, 0) is 11.2 Å². The van der Waals surface area contributed by atoms with E-state index in [1.165, 1.54) is 17.6 Å². The molecule has 0 fully saturated rings. The molecule has 1 atom stereocenters. The molecule has 0 saturated heterocycles. The Morgan fingerprint density at radius 1 is 1.43 bits per heavy atom. The molecule has 1 unspecified atom stereocenters. The Bertz CT molecular complexity index is 309. The standard InChI is InChI=1S/C9H10NO4/c11-7-3-1-6(2-4-7)5-8(10-14)9(12)13/h1-4,8,10-11H,5H2,(H,12,13)/q-1. The van der Waals surface area contributed by atoms with E-state index in [4.69, 9.17) is 10.2 Å². The summed E-state index contributed by atoms with van der Waals surface area (Å²) in [4.78, 5) is 10.5. The Morgan fingerprint density at radius 2 is 2.00 bits per heavy atom. The van der Waals surface area contributed by atoms with Crippen LogP contribution < -0.4 is 5.48 Å². The fraction of sp³-hybridized carbons (Fsp3) is 0.222. The molecule has 5 nitrogen and oxygen atoms in total. The first kappa shape index (κ1) is 10.5. The van der Waals surface area contributed by atoms with Gasteiger partial charge in [-0.3, -0.25) is 4.79 Å². The van der Waals surface area contributed by atoms with Crippen LogP contribution in [0.1, 0.15) is 5.56 Å². The lowest BCUT2D eigenvalue weighted by atomic mass is 10.1. The van der Waals surface area contributed by atoms with Gasteiger partial charge in [0.25, 0.3) is 0 Å². The lowest BCUT2D eigenvalue weighted by molar-refractivity contribution is -0.139. The Hall–Kier alpha value is -1.59. The van der Waals surface area contributed by atoms with E-state index >= 15 is 0 Å². The predicted octanol–water partition coefficient (Wildman–Crippen LogP) is 0.475. The number of benzene rings is 1. The summed E-state index contributed by atoms with van der Waals surface area (Å²) in [6.07, 6.45) is 0.0963. The number of carboxylic acids is 1. The highest BCUT2D eigenvalue weighted by atomic mass is 16.5. The van der Waals surface area contributed by atoms with Gasteiger partial charge in [-0.15, -0.1) is 0 Å². The first-order chi connectivity index (χ1) is 6.63. The second-order valence-electron chi connectivity index (χ2n) is 2.88. The largest absolute Gasteiger partial charge is 0.787 e. The maximum atomic E-state index is 10.5. The SMILES string of the molecule is O=C(O)C(Cc1ccc(O)cc1)N[O-]. The molecule has 3 N–H and O–H groups in total. The van der Waals surface area contributed by atoms with Crippen molar-refractivity contribution < 1.29 is 15.0 Å². The van der Waals surface area contributed by atoms with Crippen molar-refractivity contribution in [2.24, 2.45) is 0 Å². The number of nitrogens with one attached hydrogen (secondary N) is 1. The van der Waals surface area contributed by atoms with Gasteiger partial charge in [0.1, 0.15) is 5.75 Å². The number of hydrogen-bond donors (Lipinski definition) is 3. The van der Waals surface area contributed by atoms with Gasteiger partial charge in [-0.2, -0.15) is 0 Å². The highest BCUT2D eigenvalue weighted by Gasteiger charge is 2.12. The zero-order valence-corrected chi connectivity index (χ0v) is 7.30. The molecule has 0 aliphatic heterocycles. The summed E-state index contributed by atoms with van der Waals surface area (Å²) in [5.41, 5.74) is 2.13. The van der Waals surface area contributed by atoms with E-state index in [0.29, 0.717) is 5.56 Å². The minimum atomic E-state index is -1.19. The van der Waals surface area contributed by atoms with E-state index in [1.807, 2.05) is 0 Å². The number of carboxylic acid groups (broad SMARTS) is 1. The Morgan fingerprint density at radius 3 is 2.43 bits per heavy atom. The van der Waals surface area contributed by atoms with E-state index in [1.54, 1.807) is 12.1 Å². The van der Waals surface area contributed by atoms with E-state index in [9.17, 15) is 10.0 Å². The molecular formula is C9H10NO4-. The summed E-state index contributed by atoms with van der Waals surface area (Å²) in [7, 11) is 0. The molecule has 1 aromatic rings. The quantitative estimate of drug-likeness (QED) is 0.609. The molecule has 1 rings (SSSR count). The average molecular weight is 196 g/mol. The maximum Gasteiger partial charge on any atom is 0.320 e. The molecule has 0 radical (unpaired) electrons. The van der Waals surface area contributed by atoms with Crippen LogP contribution in [0.15, 0.2) is 24.3 Å². The van der Waals surface area contributed by atoms with Crippen molar-refractivity contribution in [2.45, 2.75) is 12.5 Å². The zero-order chi connectivity index (χ0) is 10.6. The first-order valence-corrected chi connectivity index (χ1v) is 4.02. The molecule has 0 aromatic heterocycles. The van der Waals surface area contributed by atoms with Crippen molar-refractivity contribution in [3.63, 3.8) is 0 Å². The smallest absolute Gasteiger partial charge is 0.320 e. The average Bonchev–Trinajstić information content (AvgIpc) is 2.16. The molecule has 0 amide bonds. The van der Waals surface area contributed by atoms with Crippen LogP contribution in [0.25, 0.3) is 0 Å². The van der Waals surface area contributed by atoms with Crippen LogP contribution in [-0.4, -0.2) is 22.2 Å². The molecule has 0 spiro atoms.